The van der Waals surface area contributed by atoms with Crippen LogP contribution < -0.4 is 11.1 Å². The number of halogens is 1. The summed E-state index contributed by atoms with van der Waals surface area (Å²) in [5.41, 5.74) is 7.32. The summed E-state index contributed by atoms with van der Waals surface area (Å²) in [5.74, 6) is 0.758. The molecule has 27 heavy (non-hydrogen) atoms. The minimum Gasteiger partial charge on any atom is -0.381 e. The van der Waals surface area contributed by atoms with E-state index in [2.05, 4.69) is 18.3 Å². The number of amides is 1. The highest BCUT2D eigenvalue weighted by molar-refractivity contribution is 5.95. The Hall–Kier alpha value is -1.14. The van der Waals surface area contributed by atoms with Gasteiger partial charge in [-0.15, -0.1) is 12.4 Å². The molecule has 2 unspecified atom stereocenters. The summed E-state index contributed by atoms with van der Waals surface area (Å²) in [5, 5.41) is 3.06. The standard InChI is InChI=1S/C21H32N2O3.ClH/c1-16-4-2-7-19(12-16)26-14-17-5-3-6-18(13-17)23-20(24)21(15-22)8-10-25-11-9-21;/h3,5-6,13,16,19H,2,4,7-12,14-15,22H2,1H3,(H,23,24);1H. The number of hydrogen-bond donors (Lipinski definition) is 2. The largest absolute Gasteiger partial charge is 0.381 e. The van der Waals surface area contributed by atoms with Gasteiger partial charge >= 0.3 is 0 Å². The number of carbonyl (C=O) groups excluding carboxylic acids is 1. The van der Waals surface area contributed by atoms with E-state index >= 15 is 0 Å². The Morgan fingerprint density at radius 1 is 1.33 bits per heavy atom. The van der Waals surface area contributed by atoms with Crippen LogP contribution in [0.1, 0.15) is 51.0 Å². The zero-order chi connectivity index (χ0) is 18.4. The van der Waals surface area contributed by atoms with Crippen LogP contribution in [0.25, 0.3) is 0 Å². The molecule has 1 aliphatic carbocycles. The Labute approximate surface area is 168 Å². The van der Waals surface area contributed by atoms with Gasteiger partial charge in [-0.2, -0.15) is 0 Å². The zero-order valence-electron chi connectivity index (χ0n) is 16.2. The summed E-state index contributed by atoms with van der Waals surface area (Å²) in [6, 6.07) is 7.95. The number of nitrogens with two attached hydrogens (primary N) is 1. The van der Waals surface area contributed by atoms with E-state index in [-0.39, 0.29) is 18.3 Å². The molecular weight excluding hydrogens is 364 g/mol. The molecule has 1 heterocycles. The number of anilines is 1. The Morgan fingerprint density at radius 3 is 2.81 bits per heavy atom. The molecule has 1 aromatic carbocycles. The summed E-state index contributed by atoms with van der Waals surface area (Å²) in [7, 11) is 0. The number of hydrogen-bond acceptors (Lipinski definition) is 4. The molecule has 6 heteroatoms. The zero-order valence-corrected chi connectivity index (χ0v) is 17.1. The molecule has 1 aliphatic heterocycles. The first-order valence-electron chi connectivity index (χ1n) is 9.91. The van der Waals surface area contributed by atoms with Crippen LogP contribution in [-0.4, -0.2) is 31.8 Å². The normalized spacial score (nSPS) is 24.7. The Kier molecular flexibility index (Phi) is 8.55. The minimum absolute atomic E-state index is 0. The van der Waals surface area contributed by atoms with Gasteiger partial charge in [-0.1, -0.05) is 31.9 Å². The SMILES string of the molecule is CC1CCCC(OCc2cccc(NC(=O)C3(CN)CCOCC3)c2)C1.Cl. The highest BCUT2D eigenvalue weighted by Crippen LogP contribution is 2.31. The summed E-state index contributed by atoms with van der Waals surface area (Å²) >= 11 is 0. The molecule has 2 aliphatic rings. The summed E-state index contributed by atoms with van der Waals surface area (Å²) in [6.45, 7) is 4.44. The number of nitrogens with one attached hydrogen (secondary N) is 1. The molecule has 152 valence electrons. The van der Waals surface area contributed by atoms with Crippen LogP contribution in [0.4, 0.5) is 5.69 Å². The lowest BCUT2D eigenvalue weighted by Gasteiger charge is -2.34. The van der Waals surface area contributed by atoms with Crippen molar-refractivity contribution in [3.05, 3.63) is 29.8 Å². The maximum absolute atomic E-state index is 12.8. The fraction of sp³-hybridized carbons (Fsp3) is 0.667. The predicted molar refractivity (Wildman–Crippen MR) is 110 cm³/mol. The van der Waals surface area contributed by atoms with Crippen LogP contribution >= 0.6 is 12.4 Å². The Balaban J connectivity index is 0.00000261. The lowest BCUT2D eigenvalue weighted by Crippen LogP contribution is -2.46. The molecule has 2 atom stereocenters. The van der Waals surface area contributed by atoms with Crippen LogP contribution in [0.3, 0.4) is 0 Å². The molecule has 1 saturated carbocycles. The molecule has 3 rings (SSSR count). The molecular formula is C21H33ClN2O3. The average Bonchev–Trinajstić information content (AvgIpc) is 2.67. The van der Waals surface area contributed by atoms with Crippen molar-refractivity contribution in [2.24, 2.45) is 17.1 Å². The Bertz CT molecular complexity index is 605. The second kappa shape index (κ2) is 10.4. The van der Waals surface area contributed by atoms with Crippen molar-refractivity contribution < 1.29 is 14.3 Å². The van der Waals surface area contributed by atoms with Crippen molar-refractivity contribution in [3.8, 4) is 0 Å². The number of ether oxygens (including phenoxy) is 2. The van der Waals surface area contributed by atoms with E-state index in [1.807, 2.05) is 18.2 Å². The van der Waals surface area contributed by atoms with Gasteiger partial charge in [-0.25, -0.2) is 0 Å². The highest BCUT2D eigenvalue weighted by Gasteiger charge is 2.38. The quantitative estimate of drug-likeness (QED) is 0.764. The van der Waals surface area contributed by atoms with E-state index in [1.54, 1.807) is 0 Å². The summed E-state index contributed by atoms with van der Waals surface area (Å²) in [6.07, 6.45) is 6.59. The van der Waals surface area contributed by atoms with Crippen molar-refractivity contribution in [2.75, 3.05) is 25.1 Å². The molecule has 2 fully saturated rings. The number of benzene rings is 1. The van der Waals surface area contributed by atoms with Gasteiger partial charge in [0.05, 0.1) is 18.1 Å². The molecule has 1 saturated heterocycles. The fourth-order valence-electron chi connectivity index (χ4n) is 4.03. The number of carbonyl (C=O) groups is 1. The van der Waals surface area contributed by atoms with Gasteiger partial charge < -0.3 is 20.5 Å². The van der Waals surface area contributed by atoms with Crippen LogP contribution in [0.15, 0.2) is 24.3 Å². The van der Waals surface area contributed by atoms with Gasteiger partial charge in [-0.3, -0.25) is 4.79 Å². The molecule has 1 aromatic rings. The predicted octanol–water partition coefficient (Wildman–Crippen LogP) is 3.90. The van der Waals surface area contributed by atoms with Crippen LogP contribution in [0.2, 0.25) is 0 Å². The second-order valence-electron chi connectivity index (χ2n) is 7.96. The number of rotatable bonds is 6. The summed E-state index contributed by atoms with van der Waals surface area (Å²) in [4.78, 5) is 12.8. The maximum atomic E-state index is 12.8. The Morgan fingerprint density at radius 2 is 2.11 bits per heavy atom. The maximum Gasteiger partial charge on any atom is 0.232 e. The molecule has 3 N–H and O–H groups in total. The van der Waals surface area contributed by atoms with Gasteiger partial charge in [0.15, 0.2) is 0 Å². The van der Waals surface area contributed by atoms with Crippen molar-refractivity contribution in [1.82, 2.24) is 0 Å². The van der Waals surface area contributed by atoms with Crippen LogP contribution in [0.5, 0.6) is 0 Å². The van der Waals surface area contributed by atoms with E-state index in [4.69, 9.17) is 15.2 Å². The third-order valence-corrected chi connectivity index (χ3v) is 5.88. The molecule has 0 radical (unpaired) electrons. The van der Waals surface area contributed by atoms with E-state index in [9.17, 15) is 4.79 Å². The third-order valence-electron chi connectivity index (χ3n) is 5.88. The molecule has 0 aromatic heterocycles. The van der Waals surface area contributed by atoms with Crippen molar-refractivity contribution in [1.29, 1.82) is 0 Å². The van der Waals surface area contributed by atoms with Gasteiger partial charge in [0.2, 0.25) is 5.91 Å². The fourth-order valence-corrected chi connectivity index (χ4v) is 4.03. The third kappa shape index (κ3) is 5.92. The van der Waals surface area contributed by atoms with E-state index in [1.165, 1.54) is 12.8 Å². The van der Waals surface area contributed by atoms with Crippen LogP contribution in [-0.2, 0) is 20.9 Å². The first-order valence-corrected chi connectivity index (χ1v) is 9.91. The van der Waals surface area contributed by atoms with Gasteiger partial charge in [0.25, 0.3) is 0 Å². The van der Waals surface area contributed by atoms with E-state index in [0.717, 1.165) is 30.0 Å². The van der Waals surface area contributed by atoms with E-state index in [0.29, 0.717) is 45.3 Å². The monoisotopic (exact) mass is 396 g/mol. The van der Waals surface area contributed by atoms with E-state index < -0.39 is 5.41 Å². The topological polar surface area (TPSA) is 73.6 Å². The molecule has 5 nitrogen and oxygen atoms in total. The molecule has 0 spiro atoms. The minimum atomic E-state index is -0.511. The lowest BCUT2D eigenvalue weighted by molar-refractivity contribution is -0.130. The first-order chi connectivity index (χ1) is 12.6. The molecule has 1 amide bonds. The summed E-state index contributed by atoms with van der Waals surface area (Å²) < 4.78 is 11.5. The van der Waals surface area contributed by atoms with Crippen molar-refractivity contribution >= 4 is 24.0 Å². The first kappa shape index (κ1) is 22.2. The molecule has 0 bridgehead atoms. The van der Waals surface area contributed by atoms with Crippen molar-refractivity contribution in [2.45, 2.75) is 58.2 Å². The van der Waals surface area contributed by atoms with Gasteiger partial charge in [0, 0.05) is 25.4 Å². The van der Waals surface area contributed by atoms with Crippen molar-refractivity contribution in [3.63, 3.8) is 0 Å². The van der Waals surface area contributed by atoms with Gasteiger partial charge in [0.1, 0.15) is 0 Å². The van der Waals surface area contributed by atoms with Crippen LogP contribution in [0, 0.1) is 11.3 Å². The second-order valence-corrected chi connectivity index (χ2v) is 7.96. The van der Waals surface area contributed by atoms with Gasteiger partial charge in [-0.05, 0) is 49.3 Å². The highest BCUT2D eigenvalue weighted by atomic mass is 35.5. The smallest absolute Gasteiger partial charge is 0.232 e. The lowest BCUT2D eigenvalue weighted by atomic mass is 9.79. The average molecular weight is 397 g/mol.